The van der Waals surface area contributed by atoms with Gasteiger partial charge in [-0.1, -0.05) is 0 Å². The molecule has 0 aliphatic rings. The summed E-state index contributed by atoms with van der Waals surface area (Å²) in [6.07, 6.45) is 0.580. The molecule has 0 spiro atoms. The van der Waals surface area contributed by atoms with Gasteiger partial charge in [-0.3, -0.25) is 5.32 Å². The molecule has 0 heterocycles. The average molecular weight is 187 g/mol. The Labute approximate surface area is 76.7 Å². The van der Waals surface area contributed by atoms with E-state index in [2.05, 4.69) is 14.8 Å². The fourth-order valence-corrected chi connectivity index (χ4v) is 0.600. The Hall–Kier alpha value is -1.52. The summed E-state index contributed by atoms with van der Waals surface area (Å²) in [5.41, 5.74) is 0.380. The van der Waals surface area contributed by atoms with Gasteiger partial charge in [0.1, 0.15) is 0 Å². The highest BCUT2D eigenvalue weighted by Gasteiger charge is 2.02. The van der Waals surface area contributed by atoms with Gasteiger partial charge in [-0.05, 0) is 13.8 Å². The van der Waals surface area contributed by atoms with E-state index < -0.39 is 12.1 Å². The molecular formula is C8H13NO4. The third kappa shape index (κ3) is 5.72. The molecule has 13 heavy (non-hydrogen) atoms. The fraction of sp³-hybridized carbons (Fsp3) is 0.500. The lowest BCUT2D eigenvalue weighted by Crippen LogP contribution is -2.23. The molecule has 0 aromatic carbocycles. The number of methoxy groups -OCH3 is 1. The summed E-state index contributed by atoms with van der Waals surface area (Å²) in [7, 11) is 1.26. The van der Waals surface area contributed by atoms with Crippen LogP contribution in [0.25, 0.3) is 0 Å². The molecule has 0 aromatic rings. The molecule has 74 valence electrons. The minimum atomic E-state index is -0.583. The predicted molar refractivity (Wildman–Crippen MR) is 45.9 cm³/mol. The lowest BCUT2D eigenvalue weighted by Gasteiger charge is -2.03. The highest BCUT2D eigenvalue weighted by molar-refractivity contribution is 5.83. The topological polar surface area (TPSA) is 64.6 Å². The van der Waals surface area contributed by atoms with Gasteiger partial charge in [0.15, 0.2) is 0 Å². The highest BCUT2D eigenvalue weighted by Crippen LogP contribution is 1.89. The van der Waals surface area contributed by atoms with Crippen molar-refractivity contribution in [1.29, 1.82) is 0 Å². The number of amides is 1. The van der Waals surface area contributed by atoms with Gasteiger partial charge >= 0.3 is 12.1 Å². The first-order valence-corrected chi connectivity index (χ1v) is 3.80. The zero-order valence-corrected chi connectivity index (χ0v) is 7.92. The summed E-state index contributed by atoms with van der Waals surface area (Å²) in [5, 5.41) is 2.35. The second-order valence-electron chi connectivity index (χ2n) is 2.20. The lowest BCUT2D eigenvalue weighted by atomic mass is 10.4. The highest BCUT2D eigenvalue weighted by atomic mass is 16.5. The number of carbonyl (C=O) groups excluding carboxylic acids is 2. The van der Waals surface area contributed by atoms with Crippen LogP contribution >= 0.6 is 0 Å². The van der Waals surface area contributed by atoms with Crippen molar-refractivity contribution in [2.45, 2.75) is 13.8 Å². The van der Waals surface area contributed by atoms with E-state index in [1.165, 1.54) is 7.11 Å². The van der Waals surface area contributed by atoms with Gasteiger partial charge in [0.05, 0.1) is 13.7 Å². The molecule has 5 heteroatoms. The Morgan fingerprint density at radius 1 is 1.46 bits per heavy atom. The van der Waals surface area contributed by atoms with E-state index in [-0.39, 0.29) is 6.61 Å². The molecule has 0 bridgehead atoms. The van der Waals surface area contributed by atoms with E-state index in [1.54, 1.807) is 13.8 Å². The SMILES string of the molecule is CCOC(=O)N/C(C)=C\C(=O)OC. The van der Waals surface area contributed by atoms with Crippen LogP contribution in [0.3, 0.4) is 0 Å². The van der Waals surface area contributed by atoms with Gasteiger partial charge in [0.2, 0.25) is 0 Å². The van der Waals surface area contributed by atoms with Gasteiger partial charge in [-0.15, -0.1) is 0 Å². The van der Waals surface area contributed by atoms with Crippen LogP contribution < -0.4 is 5.32 Å². The Bertz CT molecular complexity index is 222. The number of rotatable bonds is 3. The molecule has 0 aliphatic carbocycles. The second kappa shape index (κ2) is 6.05. The van der Waals surface area contributed by atoms with Crippen LogP contribution in [0.2, 0.25) is 0 Å². The zero-order chi connectivity index (χ0) is 10.3. The van der Waals surface area contributed by atoms with Gasteiger partial charge < -0.3 is 9.47 Å². The molecule has 0 aliphatic heterocycles. The first-order valence-electron chi connectivity index (χ1n) is 3.80. The quantitative estimate of drug-likeness (QED) is 0.524. The number of alkyl carbamates (subject to hydrolysis) is 1. The lowest BCUT2D eigenvalue weighted by molar-refractivity contribution is -0.134. The largest absolute Gasteiger partial charge is 0.466 e. The molecule has 0 fully saturated rings. The molecule has 0 radical (unpaired) electrons. The van der Waals surface area contributed by atoms with Crippen molar-refractivity contribution >= 4 is 12.1 Å². The third-order valence-electron chi connectivity index (χ3n) is 1.11. The van der Waals surface area contributed by atoms with Gasteiger partial charge in [-0.2, -0.15) is 0 Å². The normalized spacial score (nSPS) is 10.5. The minimum Gasteiger partial charge on any atom is -0.466 e. The molecule has 0 unspecified atom stereocenters. The number of allylic oxidation sites excluding steroid dienone is 1. The molecule has 0 aromatic heterocycles. The van der Waals surface area contributed by atoms with E-state index in [4.69, 9.17) is 0 Å². The maximum atomic E-state index is 10.8. The maximum absolute atomic E-state index is 10.8. The molecule has 0 rings (SSSR count). The Balaban J connectivity index is 3.98. The van der Waals surface area contributed by atoms with E-state index in [0.717, 1.165) is 6.08 Å². The van der Waals surface area contributed by atoms with Crippen molar-refractivity contribution in [1.82, 2.24) is 5.32 Å². The molecule has 0 saturated heterocycles. The van der Waals surface area contributed by atoms with Gasteiger partial charge in [-0.25, -0.2) is 9.59 Å². The van der Waals surface area contributed by atoms with Crippen molar-refractivity contribution in [3.8, 4) is 0 Å². The monoisotopic (exact) mass is 187 g/mol. The predicted octanol–water partition coefficient (Wildman–Crippen LogP) is 0.809. The Kier molecular flexibility index (Phi) is 5.34. The standard InChI is InChI=1S/C8H13NO4/c1-4-13-8(11)9-6(2)5-7(10)12-3/h5H,4H2,1-3H3,(H,9,11)/b6-5-. The second-order valence-corrected chi connectivity index (χ2v) is 2.20. The first kappa shape index (κ1) is 11.5. The zero-order valence-electron chi connectivity index (χ0n) is 7.92. The summed E-state index contributed by atoms with van der Waals surface area (Å²) in [5.74, 6) is -0.519. The number of carbonyl (C=O) groups is 2. The summed E-state index contributed by atoms with van der Waals surface area (Å²) in [6.45, 7) is 3.55. The van der Waals surface area contributed by atoms with E-state index in [1.807, 2.05) is 0 Å². The number of esters is 1. The van der Waals surface area contributed by atoms with Crippen LogP contribution in [0.1, 0.15) is 13.8 Å². The molecule has 0 atom stereocenters. The minimum absolute atomic E-state index is 0.289. The number of nitrogens with one attached hydrogen (secondary N) is 1. The summed E-state index contributed by atoms with van der Waals surface area (Å²) in [4.78, 5) is 21.5. The van der Waals surface area contributed by atoms with Gasteiger partial charge in [0.25, 0.3) is 0 Å². The summed E-state index contributed by atoms with van der Waals surface area (Å²) >= 11 is 0. The van der Waals surface area contributed by atoms with Crippen LogP contribution in [0, 0.1) is 0 Å². The van der Waals surface area contributed by atoms with Crippen molar-refractivity contribution in [2.24, 2.45) is 0 Å². The van der Waals surface area contributed by atoms with Crippen LogP contribution in [0.4, 0.5) is 4.79 Å². The summed E-state index contributed by atoms with van der Waals surface area (Å²) in [6, 6.07) is 0. The van der Waals surface area contributed by atoms with Crippen molar-refractivity contribution in [2.75, 3.05) is 13.7 Å². The van der Waals surface area contributed by atoms with Crippen LogP contribution in [-0.4, -0.2) is 25.8 Å². The molecular weight excluding hydrogens is 174 g/mol. The number of hydrogen-bond acceptors (Lipinski definition) is 4. The van der Waals surface area contributed by atoms with Crippen LogP contribution in [0.5, 0.6) is 0 Å². The number of ether oxygens (including phenoxy) is 2. The van der Waals surface area contributed by atoms with E-state index >= 15 is 0 Å². The Morgan fingerprint density at radius 2 is 2.08 bits per heavy atom. The smallest absolute Gasteiger partial charge is 0.411 e. The van der Waals surface area contributed by atoms with Crippen molar-refractivity contribution in [3.63, 3.8) is 0 Å². The van der Waals surface area contributed by atoms with Crippen LogP contribution in [0.15, 0.2) is 11.8 Å². The van der Waals surface area contributed by atoms with Crippen LogP contribution in [-0.2, 0) is 14.3 Å². The van der Waals surface area contributed by atoms with Crippen molar-refractivity contribution < 1.29 is 19.1 Å². The first-order chi connectivity index (χ1) is 6.10. The Morgan fingerprint density at radius 3 is 2.54 bits per heavy atom. The van der Waals surface area contributed by atoms with Gasteiger partial charge in [0, 0.05) is 11.8 Å². The molecule has 1 N–H and O–H groups in total. The average Bonchev–Trinajstić information content (AvgIpc) is 2.04. The third-order valence-corrected chi connectivity index (χ3v) is 1.11. The molecule has 0 saturated carbocycles. The molecule has 1 amide bonds. The van der Waals surface area contributed by atoms with Crippen molar-refractivity contribution in [3.05, 3.63) is 11.8 Å². The number of hydrogen-bond donors (Lipinski definition) is 1. The van der Waals surface area contributed by atoms with E-state index in [9.17, 15) is 9.59 Å². The molecule has 5 nitrogen and oxygen atoms in total. The van der Waals surface area contributed by atoms with E-state index in [0.29, 0.717) is 5.70 Å². The maximum Gasteiger partial charge on any atom is 0.411 e. The fourth-order valence-electron chi connectivity index (χ4n) is 0.600. The summed E-state index contributed by atoms with van der Waals surface area (Å²) < 4.78 is 8.94.